The predicted octanol–water partition coefficient (Wildman–Crippen LogP) is 1.89. The highest BCUT2D eigenvalue weighted by Gasteiger charge is 2.10. The fraction of sp³-hybridized carbons (Fsp3) is 0.0909. The van der Waals surface area contributed by atoms with Gasteiger partial charge >= 0.3 is 6.55 Å². The van der Waals surface area contributed by atoms with Crippen molar-refractivity contribution in [1.82, 2.24) is 9.78 Å². The molecule has 0 aliphatic heterocycles. The van der Waals surface area contributed by atoms with E-state index in [2.05, 4.69) is 5.10 Å². The quantitative estimate of drug-likeness (QED) is 0.811. The smallest absolute Gasteiger partial charge is 0.336 e. The van der Waals surface area contributed by atoms with E-state index in [1.165, 1.54) is 6.07 Å². The zero-order chi connectivity index (χ0) is 12.4. The van der Waals surface area contributed by atoms with Gasteiger partial charge in [-0.3, -0.25) is 4.79 Å². The molecule has 0 radical (unpaired) electrons. The molecule has 0 fully saturated rings. The van der Waals surface area contributed by atoms with Gasteiger partial charge in [-0.2, -0.15) is 18.6 Å². The maximum Gasteiger partial charge on any atom is 0.336 e. The summed E-state index contributed by atoms with van der Waals surface area (Å²) in [6.07, 6.45) is 0. The van der Waals surface area contributed by atoms with Gasteiger partial charge in [-0.05, 0) is 18.2 Å². The highest BCUT2D eigenvalue weighted by atomic mass is 19.3. The molecule has 2 N–H and O–H groups in total. The molecule has 2 rings (SSSR count). The first-order chi connectivity index (χ1) is 8.08. The lowest BCUT2D eigenvalue weighted by Crippen LogP contribution is -2.22. The zero-order valence-electron chi connectivity index (χ0n) is 8.68. The molecule has 1 heterocycles. The maximum atomic E-state index is 12.5. The molecule has 0 aliphatic rings. The SMILES string of the molecule is Nc1ccc(-c2ccc(=O)n(C(F)F)n2)cc1. The molecule has 0 unspecified atom stereocenters. The molecule has 17 heavy (non-hydrogen) atoms. The monoisotopic (exact) mass is 237 g/mol. The summed E-state index contributed by atoms with van der Waals surface area (Å²) < 4.78 is 25.1. The van der Waals surface area contributed by atoms with Crippen molar-refractivity contribution in [3.8, 4) is 11.3 Å². The highest BCUT2D eigenvalue weighted by molar-refractivity contribution is 5.61. The van der Waals surface area contributed by atoms with Gasteiger partial charge in [0.05, 0.1) is 5.69 Å². The molecule has 1 aromatic heterocycles. The fourth-order valence-corrected chi connectivity index (χ4v) is 1.37. The first-order valence-corrected chi connectivity index (χ1v) is 4.82. The van der Waals surface area contributed by atoms with Crippen LogP contribution in [0.15, 0.2) is 41.2 Å². The van der Waals surface area contributed by atoms with Crippen molar-refractivity contribution in [2.45, 2.75) is 6.55 Å². The van der Waals surface area contributed by atoms with E-state index in [4.69, 9.17) is 5.73 Å². The molecule has 2 aromatic rings. The third-order valence-electron chi connectivity index (χ3n) is 2.22. The predicted molar refractivity (Wildman–Crippen MR) is 59.6 cm³/mol. The number of anilines is 1. The summed E-state index contributed by atoms with van der Waals surface area (Å²) >= 11 is 0. The summed E-state index contributed by atoms with van der Waals surface area (Å²) in [5, 5.41) is 3.59. The van der Waals surface area contributed by atoms with E-state index in [9.17, 15) is 13.6 Å². The number of nitrogen functional groups attached to an aromatic ring is 1. The molecule has 0 saturated carbocycles. The Morgan fingerprint density at radius 1 is 1.12 bits per heavy atom. The van der Waals surface area contributed by atoms with Gasteiger partial charge in [0.1, 0.15) is 0 Å². The highest BCUT2D eigenvalue weighted by Crippen LogP contribution is 2.17. The molecule has 1 aromatic carbocycles. The number of benzene rings is 1. The molecule has 0 aliphatic carbocycles. The molecule has 88 valence electrons. The van der Waals surface area contributed by atoms with Crippen LogP contribution in [0.4, 0.5) is 14.5 Å². The standard InChI is InChI=1S/C11H9F2N3O/c12-11(13)16-10(17)6-5-9(15-16)7-1-3-8(14)4-2-7/h1-6,11H,14H2. The Kier molecular flexibility index (Phi) is 2.86. The Bertz CT molecular complexity index is 578. The van der Waals surface area contributed by atoms with Crippen molar-refractivity contribution >= 4 is 5.69 Å². The third-order valence-corrected chi connectivity index (χ3v) is 2.22. The van der Waals surface area contributed by atoms with Crippen LogP contribution in [0, 0.1) is 0 Å². The third kappa shape index (κ3) is 2.30. The van der Waals surface area contributed by atoms with Crippen LogP contribution in [0.2, 0.25) is 0 Å². The van der Waals surface area contributed by atoms with Gasteiger partial charge in [0.15, 0.2) is 0 Å². The number of rotatable bonds is 2. The van der Waals surface area contributed by atoms with Gasteiger partial charge < -0.3 is 5.73 Å². The van der Waals surface area contributed by atoms with E-state index in [1.807, 2.05) is 0 Å². The van der Waals surface area contributed by atoms with Crippen LogP contribution < -0.4 is 11.3 Å². The maximum absolute atomic E-state index is 12.5. The minimum atomic E-state index is -2.95. The van der Waals surface area contributed by atoms with Crippen LogP contribution in [0.3, 0.4) is 0 Å². The number of nitrogens with two attached hydrogens (primary N) is 1. The Hall–Kier alpha value is -2.24. The lowest BCUT2D eigenvalue weighted by atomic mass is 10.1. The number of nitrogens with zero attached hydrogens (tertiary/aromatic N) is 2. The van der Waals surface area contributed by atoms with Crippen molar-refractivity contribution in [3.05, 3.63) is 46.8 Å². The molecule has 4 nitrogen and oxygen atoms in total. The van der Waals surface area contributed by atoms with Gasteiger partial charge in [-0.15, -0.1) is 0 Å². The van der Waals surface area contributed by atoms with Gasteiger partial charge in [0, 0.05) is 17.3 Å². The van der Waals surface area contributed by atoms with Crippen molar-refractivity contribution in [2.24, 2.45) is 0 Å². The van der Waals surface area contributed by atoms with E-state index >= 15 is 0 Å². The summed E-state index contributed by atoms with van der Waals surface area (Å²) in [7, 11) is 0. The van der Waals surface area contributed by atoms with Crippen LogP contribution in [0.5, 0.6) is 0 Å². The topological polar surface area (TPSA) is 60.9 Å². The summed E-state index contributed by atoms with van der Waals surface area (Å²) in [6, 6.07) is 9.02. The molecule has 0 amide bonds. The lowest BCUT2D eigenvalue weighted by Gasteiger charge is -2.05. The second kappa shape index (κ2) is 4.32. The largest absolute Gasteiger partial charge is 0.399 e. The van der Waals surface area contributed by atoms with Crippen molar-refractivity contribution < 1.29 is 8.78 Å². The summed E-state index contributed by atoms with van der Waals surface area (Å²) in [4.78, 5) is 11.1. The summed E-state index contributed by atoms with van der Waals surface area (Å²) in [5.41, 5.74) is 6.16. The van der Waals surface area contributed by atoms with Crippen LogP contribution in [-0.4, -0.2) is 9.78 Å². The van der Waals surface area contributed by atoms with Gasteiger partial charge in [0.2, 0.25) is 0 Å². The number of halogens is 2. The normalized spacial score (nSPS) is 10.8. The minimum absolute atomic E-state index is 0.145. The Morgan fingerprint density at radius 2 is 1.76 bits per heavy atom. The second-order valence-electron chi connectivity index (χ2n) is 3.40. The number of hydrogen-bond acceptors (Lipinski definition) is 3. The van der Waals surface area contributed by atoms with Gasteiger partial charge in [-0.1, -0.05) is 12.1 Å². The average molecular weight is 237 g/mol. The minimum Gasteiger partial charge on any atom is -0.399 e. The number of aromatic nitrogens is 2. The zero-order valence-corrected chi connectivity index (χ0v) is 8.68. The van der Waals surface area contributed by atoms with Crippen LogP contribution in [0.25, 0.3) is 11.3 Å². The number of hydrogen-bond donors (Lipinski definition) is 1. The van der Waals surface area contributed by atoms with E-state index in [1.54, 1.807) is 24.3 Å². The molecule has 0 atom stereocenters. The molecular formula is C11H9F2N3O. The van der Waals surface area contributed by atoms with E-state index in [0.29, 0.717) is 16.9 Å². The van der Waals surface area contributed by atoms with Gasteiger partial charge in [0.25, 0.3) is 5.56 Å². The average Bonchev–Trinajstić information content (AvgIpc) is 2.30. The first kappa shape index (κ1) is 11.3. The molecule has 0 saturated heterocycles. The van der Waals surface area contributed by atoms with E-state index in [0.717, 1.165) is 6.07 Å². The van der Waals surface area contributed by atoms with Crippen molar-refractivity contribution in [2.75, 3.05) is 5.73 Å². The van der Waals surface area contributed by atoms with Crippen LogP contribution in [0.1, 0.15) is 6.55 Å². The Labute approximate surface area is 95.3 Å². The molecule has 6 heteroatoms. The molecule has 0 bridgehead atoms. The molecule has 0 spiro atoms. The van der Waals surface area contributed by atoms with Crippen molar-refractivity contribution in [1.29, 1.82) is 0 Å². The Morgan fingerprint density at radius 3 is 2.35 bits per heavy atom. The molecular weight excluding hydrogens is 228 g/mol. The van der Waals surface area contributed by atoms with Crippen LogP contribution >= 0.6 is 0 Å². The Balaban J connectivity index is 2.50. The summed E-state index contributed by atoms with van der Waals surface area (Å²) in [6.45, 7) is -2.95. The van der Waals surface area contributed by atoms with E-state index in [-0.39, 0.29) is 4.68 Å². The first-order valence-electron chi connectivity index (χ1n) is 4.82. The van der Waals surface area contributed by atoms with Gasteiger partial charge in [-0.25, -0.2) is 0 Å². The number of alkyl halides is 2. The fourth-order valence-electron chi connectivity index (χ4n) is 1.37. The van der Waals surface area contributed by atoms with Crippen molar-refractivity contribution in [3.63, 3.8) is 0 Å². The van der Waals surface area contributed by atoms with Crippen LogP contribution in [-0.2, 0) is 0 Å². The second-order valence-corrected chi connectivity index (χ2v) is 3.40. The van der Waals surface area contributed by atoms with E-state index < -0.39 is 12.1 Å². The lowest BCUT2D eigenvalue weighted by molar-refractivity contribution is 0.0515. The summed E-state index contributed by atoms with van der Waals surface area (Å²) in [5.74, 6) is 0.